The van der Waals surface area contributed by atoms with Gasteiger partial charge in [-0.25, -0.2) is 0 Å². The lowest BCUT2D eigenvalue weighted by atomic mass is 9.67. The van der Waals surface area contributed by atoms with E-state index in [1.54, 1.807) is 0 Å². The van der Waals surface area contributed by atoms with Crippen LogP contribution in [0.3, 0.4) is 0 Å². The van der Waals surface area contributed by atoms with Crippen LogP contribution in [-0.4, -0.2) is 4.57 Å². The number of aromatic nitrogens is 1. The van der Waals surface area contributed by atoms with Crippen molar-refractivity contribution in [2.24, 2.45) is 0 Å². The van der Waals surface area contributed by atoms with E-state index in [1.165, 1.54) is 82.8 Å². The Kier molecular flexibility index (Phi) is 5.81. The lowest BCUT2D eigenvalue weighted by molar-refractivity contribution is 0.620. The summed E-state index contributed by atoms with van der Waals surface area (Å²) in [7, 11) is 0. The van der Waals surface area contributed by atoms with Crippen LogP contribution in [-0.2, 0) is 10.8 Å². The third-order valence-electron chi connectivity index (χ3n) is 12.6. The van der Waals surface area contributed by atoms with Crippen molar-refractivity contribution in [3.8, 4) is 27.9 Å². The van der Waals surface area contributed by atoms with Gasteiger partial charge in [0.15, 0.2) is 0 Å². The molecule has 8 aromatic carbocycles. The smallest absolute Gasteiger partial charge is 0.142 e. The monoisotopic (exact) mass is 689 g/mol. The summed E-state index contributed by atoms with van der Waals surface area (Å²) in [6.07, 6.45) is 0. The van der Waals surface area contributed by atoms with Crippen LogP contribution in [0.5, 0.6) is 0 Å². The summed E-state index contributed by atoms with van der Waals surface area (Å²) in [5.41, 5.74) is 17.6. The molecule has 0 saturated heterocycles. The Morgan fingerprint density at radius 2 is 1.07 bits per heavy atom. The average Bonchev–Trinajstić information content (AvgIpc) is 3.93. The second kappa shape index (κ2) is 10.5. The molecule has 2 aliphatic rings. The van der Waals surface area contributed by atoms with E-state index in [0.29, 0.717) is 0 Å². The van der Waals surface area contributed by atoms with Gasteiger partial charge in [0.1, 0.15) is 11.2 Å². The van der Waals surface area contributed by atoms with Gasteiger partial charge in [0.2, 0.25) is 0 Å². The van der Waals surface area contributed by atoms with E-state index in [-0.39, 0.29) is 5.41 Å². The molecule has 2 heteroatoms. The summed E-state index contributed by atoms with van der Waals surface area (Å²) < 4.78 is 9.54. The minimum Gasteiger partial charge on any atom is -0.456 e. The first-order valence-corrected chi connectivity index (χ1v) is 18.9. The highest BCUT2D eigenvalue weighted by atomic mass is 16.3. The van der Waals surface area contributed by atoms with Gasteiger partial charge in [-0.2, -0.15) is 0 Å². The second-order valence-electron chi connectivity index (χ2n) is 15.6. The predicted molar refractivity (Wildman–Crippen MR) is 223 cm³/mol. The SMILES string of the molecule is CC1(C)c2ccccc2-c2c1c1oc3ccccc3c1c1c2c2ccccc2n1-c1ccc2c(c1)C(c1ccccc1)(c1ccccc1)c1ccccc1-2. The van der Waals surface area contributed by atoms with Gasteiger partial charge < -0.3 is 8.98 Å². The second-order valence-corrected chi connectivity index (χ2v) is 15.6. The van der Waals surface area contributed by atoms with Crippen molar-refractivity contribution in [2.75, 3.05) is 0 Å². The molecule has 0 radical (unpaired) electrons. The molecular weight excluding hydrogens is 655 g/mol. The van der Waals surface area contributed by atoms with Gasteiger partial charge in [-0.05, 0) is 74.3 Å². The normalized spacial score (nSPS) is 14.8. The van der Waals surface area contributed by atoms with E-state index in [0.717, 1.165) is 22.2 Å². The maximum Gasteiger partial charge on any atom is 0.142 e. The van der Waals surface area contributed by atoms with Crippen molar-refractivity contribution in [2.45, 2.75) is 24.7 Å². The quantitative estimate of drug-likeness (QED) is 0.181. The van der Waals surface area contributed by atoms with Crippen LogP contribution in [0.15, 0.2) is 180 Å². The lowest BCUT2D eigenvalue weighted by Crippen LogP contribution is -2.28. The third kappa shape index (κ3) is 3.56. The Balaban J connectivity index is 1.28. The Morgan fingerprint density at radius 1 is 0.481 bits per heavy atom. The molecule has 2 heterocycles. The summed E-state index contributed by atoms with van der Waals surface area (Å²) in [6.45, 7) is 4.72. The minimum atomic E-state index is -0.495. The molecule has 0 N–H and O–H groups in total. The number of fused-ring (bicyclic) bond motifs is 15. The molecule has 2 aliphatic carbocycles. The minimum absolute atomic E-state index is 0.236. The van der Waals surface area contributed by atoms with Crippen molar-refractivity contribution in [3.05, 3.63) is 209 Å². The maximum atomic E-state index is 7.01. The van der Waals surface area contributed by atoms with Crippen molar-refractivity contribution < 1.29 is 4.42 Å². The molecule has 2 nitrogen and oxygen atoms in total. The molecule has 0 spiro atoms. The number of hydrogen-bond donors (Lipinski definition) is 0. The molecule has 54 heavy (non-hydrogen) atoms. The topological polar surface area (TPSA) is 18.1 Å². The third-order valence-corrected chi connectivity index (χ3v) is 12.6. The zero-order chi connectivity index (χ0) is 35.8. The highest BCUT2D eigenvalue weighted by molar-refractivity contribution is 6.30. The molecule has 0 atom stereocenters. The summed E-state index contributed by atoms with van der Waals surface area (Å²) in [5, 5.41) is 4.87. The molecule has 12 rings (SSSR count). The number of rotatable bonds is 3. The van der Waals surface area contributed by atoms with Crippen molar-refractivity contribution in [1.29, 1.82) is 0 Å². The standard InChI is InChI=1S/C52H35NO/c1-51(2)40-25-13-10-22-37(40)45-46-38-23-11-15-27-43(38)53(49(46)47-39-24-12-16-28-44(39)54-50(47)48(45)51)34-29-30-36-35-21-9-14-26-41(35)52(42(36)31-34,32-17-5-3-6-18-32)33-19-7-4-8-20-33/h3-31H,1-2H3. The fourth-order valence-corrected chi connectivity index (χ4v) is 10.5. The van der Waals surface area contributed by atoms with Gasteiger partial charge >= 0.3 is 0 Å². The largest absolute Gasteiger partial charge is 0.456 e. The summed E-state index contributed by atoms with van der Waals surface area (Å²) >= 11 is 0. The molecule has 10 aromatic rings. The van der Waals surface area contributed by atoms with Gasteiger partial charge in [-0.1, -0.05) is 166 Å². The predicted octanol–water partition coefficient (Wildman–Crippen LogP) is 13.4. The van der Waals surface area contributed by atoms with E-state index in [4.69, 9.17) is 4.42 Å². The van der Waals surface area contributed by atoms with Crippen LogP contribution < -0.4 is 0 Å². The Labute approximate surface area is 313 Å². The number of para-hydroxylation sites is 2. The van der Waals surface area contributed by atoms with Gasteiger partial charge in [0.25, 0.3) is 0 Å². The number of furan rings is 1. The molecule has 0 unspecified atom stereocenters. The molecule has 0 fully saturated rings. The van der Waals surface area contributed by atoms with Crippen LogP contribution >= 0.6 is 0 Å². The zero-order valence-corrected chi connectivity index (χ0v) is 30.1. The molecule has 0 bridgehead atoms. The number of hydrogen-bond acceptors (Lipinski definition) is 1. The maximum absolute atomic E-state index is 7.01. The average molecular weight is 690 g/mol. The highest BCUT2D eigenvalue weighted by Crippen LogP contribution is 2.59. The summed E-state index contributed by atoms with van der Waals surface area (Å²) in [4.78, 5) is 0. The first-order valence-electron chi connectivity index (χ1n) is 18.9. The Morgan fingerprint density at radius 3 is 1.83 bits per heavy atom. The van der Waals surface area contributed by atoms with Crippen LogP contribution in [0.1, 0.15) is 47.2 Å². The van der Waals surface area contributed by atoms with E-state index in [1.807, 2.05) is 0 Å². The van der Waals surface area contributed by atoms with Crippen LogP contribution in [0.4, 0.5) is 0 Å². The first-order chi connectivity index (χ1) is 26.6. The van der Waals surface area contributed by atoms with Crippen molar-refractivity contribution >= 4 is 43.7 Å². The van der Waals surface area contributed by atoms with E-state index >= 15 is 0 Å². The van der Waals surface area contributed by atoms with E-state index in [9.17, 15) is 0 Å². The Hall–Kier alpha value is -6.64. The zero-order valence-electron chi connectivity index (χ0n) is 30.1. The van der Waals surface area contributed by atoms with Crippen molar-refractivity contribution in [1.82, 2.24) is 4.57 Å². The van der Waals surface area contributed by atoms with E-state index < -0.39 is 5.41 Å². The van der Waals surface area contributed by atoms with Gasteiger partial charge in [0, 0.05) is 32.8 Å². The molecule has 254 valence electrons. The van der Waals surface area contributed by atoms with Crippen LogP contribution in [0.25, 0.3) is 71.7 Å². The molecule has 0 amide bonds. The summed E-state index contributed by atoms with van der Waals surface area (Å²) in [5.74, 6) is 0. The molecular formula is C52H35NO. The van der Waals surface area contributed by atoms with Crippen molar-refractivity contribution in [3.63, 3.8) is 0 Å². The molecule has 0 aliphatic heterocycles. The van der Waals surface area contributed by atoms with E-state index in [2.05, 4.69) is 194 Å². The Bertz CT molecular complexity index is 3140. The number of benzene rings is 8. The molecule has 2 aromatic heterocycles. The first kappa shape index (κ1) is 29.9. The number of nitrogens with zero attached hydrogens (tertiary/aromatic N) is 1. The van der Waals surface area contributed by atoms with Crippen LogP contribution in [0.2, 0.25) is 0 Å². The van der Waals surface area contributed by atoms with Gasteiger partial charge in [-0.3, -0.25) is 0 Å². The lowest BCUT2D eigenvalue weighted by Gasteiger charge is -2.34. The van der Waals surface area contributed by atoms with Gasteiger partial charge in [0.05, 0.1) is 21.8 Å². The highest BCUT2D eigenvalue weighted by Gasteiger charge is 2.46. The molecule has 0 saturated carbocycles. The van der Waals surface area contributed by atoms with Gasteiger partial charge in [-0.15, -0.1) is 0 Å². The van der Waals surface area contributed by atoms with Crippen LogP contribution in [0, 0.1) is 0 Å². The fraction of sp³-hybridized carbons (Fsp3) is 0.0769. The fourth-order valence-electron chi connectivity index (χ4n) is 10.5. The summed E-state index contributed by atoms with van der Waals surface area (Å²) in [6, 6.07) is 64.9.